The van der Waals surface area contributed by atoms with E-state index in [1.165, 1.54) is 67.0 Å². The smallest absolute Gasteiger partial charge is 0.130 e. The van der Waals surface area contributed by atoms with Crippen molar-refractivity contribution in [2.45, 2.75) is 122 Å². The molecule has 16 rings (SSSR count). The van der Waals surface area contributed by atoms with E-state index in [0.717, 1.165) is 80.0 Å². The lowest BCUT2D eigenvalue weighted by Crippen LogP contribution is -2.43. The Hall–Kier alpha value is -8.28. The molecule has 2 aromatic carbocycles. The Balaban J connectivity index is 0.781. The number of nitrogens with zero attached hydrogens (tertiary/aromatic N) is 2. The number of furan rings is 1. The van der Waals surface area contributed by atoms with Gasteiger partial charge in [0.15, 0.2) is 0 Å². The van der Waals surface area contributed by atoms with Gasteiger partial charge in [-0.1, -0.05) is 187 Å². The third-order valence-electron chi connectivity index (χ3n) is 23.6. The molecule has 0 radical (unpaired) electrons. The Kier molecular flexibility index (Phi) is 14.5. The minimum absolute atomic E-state index is 0.000310. The Bertz CT molecular complexity index is 4240. The van der Waals surface area contributed by atoms with Gasteiger partial charge in [-0.05, 0) is 196 Å². The Labute approximate surface area is 538 Å². The van der Waals surface area contributed by atoms with Crippen molar-refractivity contribution < 1.29 is 13.2 Å². The van der Waals surface area contributed by atoms with Gasteiger partial charge in [-0.15, -0.1) is 6.58 Å². The molecule has 13 aliphatic rings. The van der Waals surface area contributed by atoms with Crippen molar-refractivity contribution in [3.63, 3.8) is 0 Å². The van der Waals surface area contributed by atoms with Crippen LogP contribution < -0.4 is 4.90 Å². The zero-order valence-corrected chi connectivity index (χ0v) is 53.3. The van der Waals surface area contributed by atoms with E-state index in [1.807, 2.05) is 24.3 Å². The summed E-state index contributed by atoms with van der Waals surface area (Å²) in [6.07, 6.45) is 75.8. The first-order valence-electron chi connectivity index (χ1n) is 34.1. The summed E-state index contributed by atoms with van der Waals surface area (Å²) in [7, 11) is 0. The minimum Gasteiger partial charge on any atom is -0.461 e. The maximum Gasteiger partial charge on any atom is 0.130 e. The zero-order valence-electron chi connectivity index (χ0n) is 53.3. The lowest BCUT2D eigenvalue weighted by atomic mass is 9.53. The molecule has 0 fully saturated rings. The molecule has 5 heteroatoms. The highest BCUT2D eigenvalue weighted by molar-refractivity contribution is 5.76. The third kappa shape index (κ3) is 9.35. The predicted molar refractivity (Wildman–Crippen MR) is 372 cm³/mol. The molecule has 458 valence electrons. The minimum atomic E-state index is -0.336. The summed E-state index contributed by atoms with van der Waals surface area (Å²) >= 11 is 0. The van der Waals surface area contributed by atoms with Gasteiger partial charge in [0.1, 0.15) is 17.3 Å². The maximum atomic E-state index is 15.3. The van der Waals surface area contributed by atoms with E-state index in [2.05, 4.69) is 227 Å². The second kappa shape index (κ2) is 22.8. The molecule has 1 aromatic heterocycles. The first-order valence-corrected chi connectivity index (χ1v) is 34.1. The molecule has 0 saturated heterocycles. The van der Waals surface area contributed by atoms with Gasteiger partial charge in [0.25, 0.3) is 0 Å². The van der Waals surface area contributed by atoms with Crippen LogP contribution in [0.1, 0.15) is 125 Å². The number of hydrogen-bond donors (Lipinski definition) is 0. The number of halogens is 2. The second-order valence-electron chi connectivity index (χ2n) is 28.4. The molecule has 0 saturated carbocycles. The third-order valence-corrected chi connectivity index (χ3v) is 23.6. The summed E-state index contributed by atoms with van der Waals surface area (Å²) in [5, 5.41) is 0. The topological polar surface area (TPSA) is 19.6 Å². The van der Waals surface area contributed by atoms with Gasteiger partial charge in [-0.25, -0.2) is 8.78 Å². The summed E-state index contributed by atoms with van der Waals surface area (Å²) < 4.78 is 37.4. The first-order chi connectivity index (χ1) is 44.4. The van der Waals surface area contributed by atoms with Crippen molar-refractivity contribution in [1.29, 1.82) is 0 Å². The molecule has 3 aromatic rings. The van der Waals surface area contributed by atoms with Crippen LogP contribution in [0.2, 0.25) is 0 Å². The maximum absolute atomic E-state index is 15.3. The predicted octanol–water partition coefficient (Wildman–Crippen LogP) is 21.5. The number of hydrogen-bond acceptors (Lipinski definition) is 3. The summed E-state index contributed by atoms with van der Waals surface area (Å²) in [6.45, 7) is 17.8. The number of anilines is 2. The molecule has 0 bridgehead atoms. The van der Waals surface area contributed by atoms with Crippen LogP contribution in [0.3, 0.4) is 0 Å². The van der Waals surface area contributed by atoms with E-state index >= 15 is 8.78 Å². The van der Waals surface area contributed by atoms with E-state index in [9.17, 15) is 0 Å². The summed E-state index contributed by atoms with van der Waals surface area (Å²) in [5.74, 6) is 4.00. The molecule has 1 heterocycles. The first kappa shape index (κ1) is 57.8. The molecular formula is C86H84F2N2O. The molecule has 13 aliphatic carbocycles. The van der Waals surface area contributed by atoms with Crippen molar-refractivity contribution >= 4 is 23.5 Å². The van der Waals surface area contributed by atoms with Crippen LogP contribution in [0.5, 0.6) is 0 Å². The number of fused-ring (bicyclic) bond motifs is 9. The molecule has 13 atom stereocenters. The Morgan fingerprint density at radius 2 is 1.55 bits per heavy atom. The van der Waals surface area contributed by atoms with Gasteiger partial charge in [-0.2, -0.15) is 0 Å². The highest BCUT2D eigenvalue weighted by atomic mass is 19.1. The van der Waals surface area contributed by atoms with Crippen LogP contribution in [-0.4, -0.2) is 17.0 Å². The Morgan fingerprint density at radius 1 is 0.692 bits per heavy atom. The molecule has 3 nitrogen and oxygen atoms in total. The molecule has 0 N–H and O–H groups in total. The lowest BCUT2D eigenvalue weighted by Gasteiger charge is -2.50. The molecule has 13 unspecified atom stereocenters. The average molecular weight is 1200 g/mol. The van der Waals surface area contributed by atoms with E-state index in [-0.39, 0.29) is 76.0 Å². The molecule has 91 heavy (non-hydrogen) atoms. The SMILES string of the molecule is C=CC1=CCC(C2(C3=CC(C)=CCC3C)C3=C(C=CCC3)C3C=CC(N(C4=CC5=Cc6c(oc7c6CC(N(c6ccc(F)cc6)c6ccc8c(c6)C(C6=CCC(C=C)C=C6)(C6CC(C)=CC=C6C)C6C=CC=CC86)C=C7)CC5C=C4)C4CC=C(F)CC4)=CC32)C=C1. The normalized spacial score (nSPS) is 32.8. The van der Waals surface area contributed by atoms with Crippen LogP contribution in [0.4, 0.5) is 20.2 Å². The largest absolute Gasteiger partial charge is 0.461 e. The van der Waals surface area contributed by atoms with Crippen LogP contribution in [0, 0.1) is 58.6 Å². The van der Waals surface area contributed by atoms with Gasteiger partial charge in [0.2, 0.25) is 0 Å². The average Bonchev–Trinajstić information content (AvgIpc) is 1.57. The zero-order chi connectivity index (χ0) is 61.9. The van der Waals surface area contributed by atoms with Gasteiger partial charge < -0.3 is 14.2 Å². The summed E-state index contributed by atoms with van der Waals surface area (Å²) in [6, 6.07) is 14.4. The lowest BCUT2D eigenvalue weighted by molar-refractivity contribution is 0.198. The van der Waals surface area contributed by atoms with Crippen LogP contribution in [-0.2, 0) is 18.3 Å². The fourth-order valence-electron chi connectivity index (χ4n) is 19.3. The molecule has 0 aliphatic heterocycles. The standard InChI is InChI=1S/C86H84F2N2O/c1-7-57-21-26-61(27-22-57)85(79-45-53(3)17-19-55(79)5)77-15-11-9-13-71(77)73-42-39-69(51-81(73)85)89(65-35-30-63(87)31-36-65)67-34-25-59-49-84-75(48-60(59)47-67)76-50-68(41-44-83(76)91-84)90(66-37-32-64(88)33-38-66)70-40-43-74-72-14-10-12-16-78(72)86(82(74)52-70,62-28-23-58(8-2)24-29-62)80-46-54(4)18-20-56(80)6/h7-10,12-14,16-18,20-23,25-26,28-30,32-34,37-45,47-48,51-52,55,58-59,61,65,68,72-73,78,80-81H,1-2,11,15,19,24,27,31,35-36,46,49-50H2,3-6H3. The van der Waals surface area contributed by atoms with Crippen molar-refractivity contribution in [1.82, 2.24) is 4.90 Å². The van der Waals surface area contributed by atoms with E-state index in [1.54, 1.807) is 23.3 Å². The van der Waals surface area contributed by atoms with E-state index in [0.29, 0.717) is 31.1 Å². The Morgan fingerprint density at radius 3 is 2.35 bits per heavy atom. The van der Waals surface area contributed by atoms with Crippen molar-refractivity contribution in [3.05, 3.63) is 321 Å². The molecule has 0 spiro atoms. The van der Waals surface area contributed by atoms with Crippen LogP contribution >= 0.6 is 0 Å². The van der Waals surface area contributed by atoms with Gasteiger partial charge in [0.05, 0.1) is 11.9 Å². The second-order valence-corrected chi connectivity index (χ2v) is 28.4. The highest BCUT2D eigenvalue weighted by Crippen LogP contribution is 2.68. The van der Waals surface area contributed by atoms with E-state index < -0.39 is 0 Å². The van der Waals surface area contributed by atoms with E-state index in [4.69, 9.17) is 4.42 Å². The number of allylic oxidation sites excluding steroid dienone is 34. The van der Waals surface area contributed by atoms with Gasteiger partial charge in [0, 0.05) is 99.6 Å². The highest BCUT2D eigenvalue weighted by Gasteiger charge is 2.60. The summed E-state index contributed by atoms with van der Waals surface area (Å²) in [4.78, 5) is 5.07. The fourth-order valence-corrected chi connectivity index (χ4v) is 19.3. The summed E-state index contributed by atoms with van der Waals surface area (Å²) in [5.41, 5.74) is 21.8. The fraction of sp³-hybridized carbons (Fsp3) is 0.326. The number of rotatable bonds is 12. The number of benzene rings is 2. The van der Waals surface area contributed by atoms with Gasteiger partial charge >= 0.3 is 0 Å². The van der Waals surface area contributed by atoms with Crippen molar-refractivity contribution in [2.24, 2.45) is 52.8 Å². The van der Waals surface area contributed by atoms with Crippen molar-refractivity contribution in [3.8, 4) is 0 Å². The van der Waals surface area contributed by atoms with Crippen LogP contribution in [0.15, 0.2) is 285 Å². The van der Waals surface area contributed by atoms with Crippen molar-refractivity contribution in [2.75, 3.05) is 4.90 Å². The van der Waals surface area contributed by atoms with Crippen LogP contribution in [0.25, 0.3) is 12.2 Å². The molecule has 0 amide bonds. The quantitative estimate of drug-likeness (QED) is 0.169. The monoisotopic (exact) mass is 1200 g/mol. The molecular weight excluding hydrogens is 1110 g/mol. The van der Waals surface area contributed by atoms with Gasteiger partial charge in [-0.3, -0.25) is 0 Å².